The van der Waals surface area contributed by atoms with Gasteiger partial charge in [0.1, 0.15) is 12.4 Å². The first-order chi connectivity index (χ1) is 14.7. The third kappa shape index (κ3) is 8.31. The zero-order chi connectivity index (χ0) is 21.1. The Balaban J connectivity index is 0.00000341. The maximum atomic E-state index is 9.35. The normalized spacial score (nSPS) is 18.3. The van der Waals surface area contributed by atoms with Crippen LogP contribution in [0.4, 0.5) is 0 Å². The van der Waals surface area contributed by atoms with Crippen LogP contribution in [0.1, 0.15) is 24.0 Å². The van der Waals surface area contributed by atoms with Crippen molar-refractivity contribution >= 4 is 29.9 Å². The van der Waals surface area contributed by atoms with E-state index in [4.69, 9.17) is 9.47 Å². The molecule has 1 saturated heterocycles. The number of aliphatic hydroxyl groups is 1. The van der Waals surface area contributed by atoms with Crippen LogP contribution in [0.25, 0.3) is 0 Å². The number of aliphatic imine (C=N–C) groups is 1. The van der Waals surface area contributed by atoms with E-state index in [0.29, 0.717) is 13.2 Å². The molecule has 0 amide bonds. The van der Waals surface area contributed by atoms with Gasteiger partial charge in [0.15, 0.2) is 5.96 Å². The fraction of sp³-hybridized carbons (Fsp3) is 0.458. The van der Waals surface area contributed by atoms with Gasteiger partial charge >= 0.3 is 0 Å². The number of nitrogens with zero attached hydrogens (tertiary/aromatic N) is 1. The summed E-state index contributed by atoms with van der Waals surface area (Å²) in [5, 5.41) is 16.1. The number of aliphatic hydroxyl groups excluding tert-OH is 1. The monoisotopic (exact) mass is 539 g/mol. The minimum absolute atomic E-state index is 0. The van der Waals surface area contributed by atoms with E-state index in [1.165, 1.54) is 5.56 Å². The Hall–Kier alpha value is -1.84. The van der Waals surface area contributed by atoms with Gasteiger partial charge in [0, 0.05) is 38.8 Å². The highest BCUT2D eigenvalue weighted by Gasteiger charge is 2.34. The second-order valence-corrected chi connectivity index (χ2v) is 7.80. The molecule has 1 unspecified atom stereocenters. The maximum absolute atomic E-state index is 9.35. The molecule has 1 heterocycles. The van der Waals surface area contributed by atoms with Gasteiger partial charge in [0.2, 0.25) is 0 Å². The van der Waals surface area contributed by atoms with Crippen molar-refractivity contribution in [3.05, 3.63) is 65.7 Å². The highest BCUT2D eigenvalue weighted by molar-refractivity contribution is 14.0. The molecule has 0 bridgehead atoms. The number of nitrogens with one attached hydrogen (secondary N) is 2. The van der Waals surface area contributed by atoms with E-state index < -0.39 is 0 Å². The third-order valence-electron chi connectivity index (χ3n) is 5.56. The quantitative estimate of drug-likeness (QED) is 0.245. The minimum atomic E-state index is 0. The van der Waals surface area contributed by atoms with Crippen LogP contribution in [0, 0.1) is 5.41 Å². The summed E-state index contributed by atoms with van der Waals surface area (Å²) in [6.07, 6.45) is 2.61. The van der Waals surface area contributed by atoms with Gasteiger partial charge in [-0.3, -0.25) is 4.99 Å². The number of rotatable bonds is 10. The molecule has 31 heavy (non-hydrogen) atoms. The van der Waals surface area contributed by atoms with Gasteiger partial charge in [-0.25, -0.2) is 0 Å². The SMILES string of the molecule is CN=C(NCCc1ccc(OCc2ccccc2)cc1)NCC1(CCO)CCOC1.I. The van der Waals surface area contributed by atoms with E-state index >= 15 is 0 Å². The fourth-order valence-electron chi connectivity index (χ4n) is 3.62. The molecule has 2 aromatic carbocycles. The van der Waals surface area contributed by atoms with E-state index in [1.54, 1.807) is 7.05 Å². The lowest BCUT2D eigenvalue weighted by Gasteiger charge is -2.27. The topological polar surface area (TPSA) is 75.1 Å². The van der Waals surface area contributed by atoms with Crippen molar-refractivity contribution in [1.82, 2.24) is 10.6 Å². The van der Waals surface area contributed by atoms with Crippen LogP contribution in [0.5, 0.6) is 5.75 Å². The summed E-state index contributed by atoms with van der Waals surface area (Å²) >= 11 is 0. The molecular formula is C24H34IN3O3. The van der Waals surface area contributed by atoms with Crippen LogP contribution in [-0.2, 0) is 17.8 Å². The van der Waals surface area contributed by atoms with Gasteiger partial charge in [0.05, 0.1) is 6.61 Å². The van der Waals surface area contributed by atoms with Crippen LogP contribution in [0.3, 0.4) is 0 Å². The Bertz CT molecular complexity index is 778. The lowest BCUT2D eigenvalue weighted by atomic mass is 9.84. The van der Waals surface area contributed by atoms with E-state index in [-0.39, 0.29) is 36.0 Å². The lowest BCUT2D eigenvalue weighted by Crippen LogP contribution is -2.45. The van der Waals surface area contributed by atoms with Gasteiger partial charge in [-0.1, -0.05) is 42.5 Å². The van der Waals surface area contributed by atoms with Crippen molar-refractivity contribution in [2.24, 2.45) is 10.4 Å². The molecule has 1 aliphatic heterocycles. The molecule has 3 rings (SSSR count). The number of halogens is 1. The van der Waals surface area contributed by atoms with Gasteiger partial charge in [0.25, 0.3) is 0 Å². The molecular weight excluding hydrogens is 505 g/mol. The van der Waals surface area contributed by atoms with Crippen molar-refractivity contribution < 1.29 is 14.6 Å². The lowest BCUT2D eigenvalue weighted by molar-refractivity contribution is 0.127. The zero-order valence-corrected chi connectivity index (χ0v) is 20.5. The summed E-state index contributed by atoms with van der Waals surface area (Å²) in [4.78, 5) is 4.31. The van der Waals surface area contributed by atoms with E-state index in [0.717, 1.165) is 56.2 Å². The van der Waals surface area contributed by atoms with Crippen LogP contribution in [-0.4, -0.2) is 51.0 Å². The number of hydrogen-bond acceptors (Lipinski definition) is 4. The van der Waals surface area contributed by atoms with Crippen molar-refractivity contribution in [3.8, 4) is 5.75 Å². The summed E-state index contributed by atoms with van der Waals surface area (Å²) in [5.74, 6) is 1.66. The predicted molar refractivity (Wildman–Crippen MR) is 135 cm³/mol. The molecule has 6 nitrogen and oxygen atoms in total. The first-order valence-electron chi connectivity index (χ1n) is 10.6. The minimum Gasteiger partial charge on any atom is -0.489 e. The molecule has 0 saturated carbocycles. The summed E-state index contributed by atoms with van der Waals surface area (Å²) in [6, 6.07) is 18.4. The molecule has 170 valence electrons. The Morgan fingerprint density at radius 3 is 2.52 bits per heavy atom. The number of benzene rings is 2. The Morgan fingerprint density at radius 2 is 1.87 bits per heavy atom. The number of guanidine groups is 1. The first-order valence-corrected chi connectivity index (χ1v) is 10.6. The van der Waals surface area contributed by atoms with Crippen molar-refractivity contribution in [2.45, 2.75) is 25.9 Å². The molecule has 2 aromatic rings. The van der Waals surface area contributed by atoms with Crippen LogP contribution in [0.15, 0.2) is 59.6 Å². The zero-order valence-electron chi connectivity index (χ0n) is 18.2. The molecule has 1 fully saturated rings. The van der Waals surface area contributed by atoms with Crippen LogP contribution >= 0.6 is 24.0 Å². The Kier molecular flexibility index (Phi) is 11.1. The van der Waals surface area contributed by atoms with Crippen molar-refractivity contribution in [2.75, 3.05) is 40.0 Å². The maximum Gasteiger partial charge on any atom is 0.191 e. The van der Waals surface area contributed by atoms with Gasteiger partial charge in [-0.2, -0.15) is 0 Å². The van der Waals surface area contributed by atoms with E-state index in [9.17, 15) is 5.11 Å². The smallest absolute Gasteiger partial charge is 0.191 e. The second-order valence-electron chi connectivity index (χ2n) is 7.80. The predicted octanol–water partition coefficient (Wildman–Crippen LogP) is 3.38. The summed E-state index contributed by atoms with van der Waals surface area (Å²) in [7, 11) is 1.78. The molecule has 0 aliphatic carbocycles. The fourth-order valence-corrected chi connectivity index (χ4v) is 3.62. The Morgan fingerprint density at radius 1 is 1.10 bits per heavy atom. The largest absolute Gasteiger partial charge is 0.489 e. The average Bonchev–Trinajstić information content (AvgIpc) is 3.25. The molecule has 0 spiro atoms. The van der Waals surface area contributed by atoms with Gasteiger partial charge in [-0.15, -0.1) is 24.0 Å². The standard InChI is InChI=1S/C24H33N3O3.HI/c1-25-23(27-18-24(12-15-28)13-16-29-19-24)26-14-11-20-7-9-22(10-8-20)30-17-21-5-3-2-4-6-21;/h2-10,28H,11-19H2,1H3,(H2,25,26,27);1H. The second kappa shape index (κ2) is 13.5. The number of hydrogen-bond donors (Lipinski definition) is 3. The Labute approximate surface area is 202 Å². The first kappa shape index (κ1) is 25.4. The van der Waals surface area contributed by atoms with Crippen molar-refractivity contribution in [1.29, 1.82) is 0 Å². The molecule has 0 radical (unpaired) electrons. The number of ether oxygens (including phenoxy) is 2. The highest BCUT2D eigenvalue weighted by atomic mass is 127. The van der Waals surface area contributed by atoms with Crippen LogP contribution in [0.2, 0.25) is 0 Å². The van der Waals surface area contributed by atoms with Crippen molar-refractivity contribution in [3.63, 3.8) is 0 Å². The third-order valence-corrected chi connectivity index (χ3v) is 5.56. The molecule has 1 atom stereocenters. The van der Waals surface area contributed by atoms with E-state index in [1.807, 2.05) is 30.3 Å². The highest BCUT2D eigenvalue weighted by Crippen LogP contribution is 2.31. The summed E-state index contributed by atoms with van der Waals surface area (Å²) < 4.78 is 11.4. The summed E-state index contributed by atoms with van der Waals surface area (Å²) in [6.45, 7) is 3.75. The van der Waals surface area contributed by atoms with Gasteiger partial charge < -0.3 is 25.2 Å². The molecule has 1 aliphatic rings. The average molecular weight is 539 g/mol. The molecule has 0 aromatic heterocycles. The molecule has 7 heteroatoms. The molecule has 3 N–H and O–H groups in total. The summed E-state index contributed by atoms with van der Waals surface area (Å²) in [5.41, 5.74) is 2.41. The van der Waals surface area contributed by atoms with Crippen LogP contribution < -0.4 is 15.4 Å². The van der Waals surface area contributed by atoms with E-state index in [2.05, 4.69) is 39.9 Å². The van der Waals surface area contributed by atoms with Gasteiger partial charge in [-0.05, 0) is 42.5 Å².